The Balaban J connectivity index is 2.04. The van der Waals surface area contributed by atoms with Crippen molar-refractivity contribution in [2.75, 3.05) is 5.43 Å². The summed E-state index contributed by atoms with van der Waals surface area (Å²) in [5.74, 6) is 0.229. The molecule has 2 N–H and O–H groups in total. The molecule has 0 saturated heterocycles. The van der Waals surface area contributed by atoms with Crippen molar-refractivity contribution in [1.29, 1.82) is 0 Å². The lowest BCUT2D eigenvalue weighted by atomic mass is 10.1. The molecule has 0 saturated carbocycles. The van der Waals surface area contributed by atoms with Gasteiger partial charge in [-0.2, -0.15) is 10.1 Å². The summed E-state index contributed by atoms with van der Waals surface area (Å²) in [6.45, 7) is 3.64. The van der Waals surface area contributed by atoms with E-state index in [0.717, 1.165) is 0 Å². The number of nitro groups is 1. The second-order valence-electron chi connectivity index (χ2n) is 6.44. The molecule has 0 fully saturated rings. The Hall–Kier alpha value is -3.73. The van der Waals surface area contributed by atoms with E-state index in [1.807, 2.05) is 0 Å². The summed E-state index contributed by atoms with van der Waals surface area (Å²) in [5, 5.41) is 15.6. The van der Waals surface area contributed by atoms with E-state index in [1.54, 1.807) is 36.6 Å². The predicted octanol–water partition coefficient (Wildman–Crippen LogP) is 2.31. The van der Waals surface area contributed by atoms with Crippen LogP contribution in [0.15, 0.2) is 50.1 Å². The number of nitrogens with zero attached hydrogens (tertiary/aromatic N) is 5. The largest absolute Gasteiger partial charge is 0.329 e. The zero-order valence-electron chi connectivity index (χ0n) is 16.3. The first-order chi connectivity index (χ1) is 14.2. The minimum Gasteiger partial charge on any atom is -0.299 e. The number of anilines is 1. The van der Waals surface area contributed by atoms with Gasteiger partial charge in [-0.25, -0.2) is 10.2 Å². The zero-order valence-corrected chi connectivity index (χ0v) is 17.1. The van der Waals surface area contributed by atoms with Crippen molar-refractivity contribution in [3.8, 4) is 0 Å². The minimum absolute atomic E-state index is 0.0234. The summed E-state index contributed by atoms with van der Waals surface area (Å²) < 4.78 is 2.77. The van der Waals surface area contributed by atoms with Crippen molar-refractivity contribution in [3.05, 3.63) is 71.9 Å². The molecule has 0 radical (unpaired) electrons. The summed E-state index contributed by atoms with van der Waals surface area (Å²) >= 11 is 5.93. The van der Waals surface area contributed by atoms with Crippen molar-refractivity contribution in [2.24, 2.45) is 12.1 Å². The number of non-ortho nitro benzene ring substituents is 1. The number of hydrogen-bond acceptors (Lipinski definition) is 7. The maximum Gasteiger partial charge on any atom is 0.329 e. The van der Waals surface area contributed by atoms with Crippen molar-refractivity contribution in [1.82, 2.24) is 19.1 Å². The maximum atomic E-state index is 12.4. The Morgan fingerprint density at radius 1 is 1.33 bits per heavy atom. The molecule has 2 aromatic heterocycles. The summed E-state index contributed by atoms with van der Waals surface area (Å²) in [6.07, 6.45) is 1.69. The number of aromatic amines is 1. The van der Waals surface area contributed by atoms with Crippen LogP contribution in [0.25, 0.3) is 11.2 Å². The van der Waals surface area contributed by atoms with Gasteiger partial charge >= 0.3 is 5.69 Å². The summed E-state index contributed by atoms with van der Waals surface area (Å²) in [4.78, 5) is 41.2. The first-order valence-electron chi connectivity index (χ1n) is 8.76. The number of nitro benzene ring substituents is 1. The third-order valence-electron chi connectivity index (χ3n) is 4.38. The second kappa shape index (κ2) is 8.33. The van der Waals surface area contributed by atoms with E-state index in [9.17, 15) is 19.7 Å². The molecule has 0 unspecified atom stereocenters. The lowest BCUT2D eigenvalue weighted by Crippen LogP contribution is -2.29. The summed E-state index contributed by atoms with van der Waals surface area (Å²) in [6, 6.07) is 5.92. The molecule has 0 aliphatic carbocycles. The van der Waals surface area contributed by atoms with Gasteiger partial charge in [0.05, 0.1) is 10.6 Å². The average Bonchev–Trinajstić information content (AvgIpc) is 3.08. The lowest BCUT2D eigenvalue weighted by molar-refractivity contribution is -0.384. The highest BCUT2D eigenvalue weighted by Crippen LogP contribution is 2.17. The molecule has 0 aliphatic rings. The normalized spacial score (nSPS) is 12.4. The molecule has 0 spiro atoms. The molecule has 1 aromatic carbocycles. The first kappa shape index (κ1) is 21.0. The van der Waals surface area contributed by atoms with Gasteiger partial charge in [-0.15, -0.1) is 0 Å². The van der Waals surface area contributed by atoms with Crippen LogP contribution in [0.4, 0.5) is 11.6 Å². The van der Waals surface area contributed by atoms with Gasteiger partial charge in [0.2, 0.25) is 5.95 Å². The van der Waals surface area contributed by atoms with Crippen LogP contribution in [-0.4, -0.2) is 29.7 Å². The number of imidazole rings is 1. The van der Waals surface area contributed by atoms with Gasteiger partial charge in [-0.3, -0.25) is 29.0 Å². The molecular weight excluding hydrogens is 414 g/mol. The van der Waals surface area contributed by atoms with E-state index in [-0.39, 0.29) is 29.3 Å². The predicted molar refractivity (Wildman–Crippen MR) is 114 cm³/mol. The van der Waals surface area contributed by atoms with Crippen LogP contribution in [0.5, 0.6) is 0 Å². The Morgan fingerprint density at radius 3 is 2.60 bits per heavy atom. The third-order valence-corrected chi connectivity index (χ3v) is 4.54. The van der Waals surface area contributed by atoms with Gasteiger partial charge in [-0.05, 0) is 31.5 Å². The van der Waals surface area contributed by atoms with Crippen molar-refractivity contribution >= 4 is 40.1 Å². The molecule has 12 heteroatoms. The van der Waals surface area contributed by atoms with Gasteiger partial charge in [0.25, 0.3) is 11.2 Å². The summed E-state index contributed by atoms with van der Waals surface area (Å²) in [5.41, 5.74) is 3.20. The number of nitrogens with one attached hydrogen (secondary N) is 2. The van der Waals surface area contributed by atoms with E-state index < -0.39 is 16.2 Å². The number of rotatable bonds is 6. The third kappa shape index (κ3) is 4.15. The lowest BCUT2D eigenvalue weighted by Gasteiger charge is -2.07. The number of benzene rings is 1. The van der Waals surface area contributed by atoms with Crippen molar-refractivity contribution < 1.29 is 4.92 Å². The van der Waals surface area contributed by atoms with Gasteiger partial charge in [0.15, 0.2) is 11.2 Å². The molecule has 3 aromatic rings. The van der Waals surface area contributed by atoms with E-state index in [1.165, 1.54) is 23.7 Å². The van der Waals surface area contributed by atoms with Crippen molar-refractivity contribution in [3.63, 3.8) is 0 Å². The minimum atomic E-state index is -0.585. The molecule has 0 atom stereocenters. The standard InChI is InChI=1S/C18H18ClN7O4/c1-10(19)8-9-25-14-15(24(3)18(28)21-16(14)27)20-17(25)23-22-11(2)12-4-6-13(7-5-12)26(29)30/h4-8H,9H2,1-3H3,(H,20,23)(H,21,27,28)/b10-8-,22-11?. The van der Waals surface area contributed by atoms with Crippen LogP contribution in [0.2, 0.25) is 0 Å². The van der Waals surface area contributed by atoms with E-state index >= 15 is 0 Å². The molecule has 156 valence electrons. The fraction of sp³-hybridized carbons (Fsp3) is 0.222. The second-order valence-corrected chi connectivity index (χ2v) is 7.04. The molecular formula is C18H18ClN7O4. The van der Waals surface area contributed by atoms with Gasteiger partial charge in [0, 0.05) is 30.8 Å². The quantitative estimate of drug-likeness (QED) is 0.348. The number of H-pyrrole nitrogens is 1. The van der Waals surface area contributed by atoms with Crippen LogP contribution in [-0.2, 0) is 13.6 Å². The molecule has 3 rings (SSSR count). The number of aromatic nitrogens is 4. The number of halogens is 1. The highest BCUT2D eigenvalue weighted by atomic mass is 35.5. The highest BCUT2D eigenvalue weighted by Gasteiger charge is 2.16. The first-order valence-corrected chi connectivity index (χ1v) is 9.13. The maximum absolute atomic E-state index is 12.4. The topological polar surface area (TPSA) is 140 Å². The SMILES string of the molecule is CC(=NNc1nc2c(c(=O)[nH]c(=O)n2C)n1C/C=C(/C)Cl)c1ccc([N+](=O)[O-])cc1. The Kier molecular flexibility index (Phi) is 5.83. The van der Waals surface area contributed by atoms with Gasteiger partial charge < -0.3 is 0 Å². The Labute approximate surface area is 174 Å². The molecule has 2 heterocycles. The summed E-state index contributed by atoms with van der Waals surface area (Å²) in [7, 11) is 1.50. The fourth-order valence-electron chi connectivity index (χ4n) is 2.74. The number of aryl methyl sites for hydroxylation is 1. The number of allylic oxidation sites excluding steroid dienone is 2. The number of fused-ring (bicyclic) bond motifs is 1. The van der Waals surface area contributed by atoms with Crippen LogP contribution < -0.4 is 16.7 Å². The zero-order chi connectivity index (χ0) is 22.0. The van der Waals surface area contributed by atoms with E-state index in [2.05, 4.69) is 20.5 Å². The Morgan fingerprint density at radius 2 is 2.00 bits per heavy atom. The number of hydrazone groups is 1. The molecule has 0 aliphatic heterocycles. The molecule has 0 amide bonds. The van der Waals surface area contributed by atoms with Gasteiger partial charge in [-0.1, -0.05) is 17.7 Å². The molecule has 0 bridgehead atoms. The van der Waals surface area contributed by atoms with E-state index in [0.29, 0.717) is 16.3 Å². The number of hydrogen-bond donors (Lipinski definition) is 2. The highest BCUT2D eigenvalue weighted by molar-refractivity contribution is 6.29. The van der Waals surface area contributed by atoms with Crippen LogP contribution in [0.3, 0.4) is 0 Å². The van der Waals surface area contributed by atoms with E-state index in [4.69, 9.17) is 11.6 Å². The fourth-order valence-corrected chi connectivity index (χ4v) is 2.81. The van der Waals surface area contributed by atoms with Crippen LogP contribution in [0, 0.1) is 10.1 Å². The molecule has 11 nitrogen and oxygen atoms in total. The van der Waals surface area contributed by atoms with Crippen LogP contribution >= 0.6 is 11.6 Å². The smallest absolute Gasteiger partial charge is 0.299 e. The monoisotopic (exact) mass is 431 g/mol. The van der Waals surface area contributed by atoms with Crippen molar-refractivity contribution in [2.45, 2.75) is 20.4 Å². The molecule has 30 heavy (non-hydrogen) atoms. The van der Waals surface area contributed by atoms with Crippen LogP contribution in [0.1, 0.15) is 19.4 Å². The Bertz CT molecular complexity index is 1300. The average molecular weight is 432 g/mol. The van der Waals surface area contributed by atoms with Gasteiger partial charge in [0.1, 0.15) is 0 Å².